The minimum atomic E-state index is -4.40. The van der Waals surface area contributed by atoms with Gasteiger partial charge >= 0.3 is 6.18 Å². The molecule has 1 heterocycles. The summed E-state index contributed by atoms with van der Waals surface area (Å²) >= 11 is 0. The lowest BCUT2D eigenvalue weighted by atomic mass is 10.1. The average molecular weight is 246 g/mol. The maximum Gasteiger partial charge on any atom is 0.419 e. The number of likely N-dealkylation sites (N-methyl/N-ethyl adjacent to an activating group) is 1. The van der Waals surface area contributed by atoms with Crippen LogP contribution in [0.4, 0.5) is 13.2 Å². The Morgan fingerprint density at radius 1 is 1.53 bits per heavy atom. The number of rotatable bonds is 4. The standard InChI is InChI=1S/C10H13F3N4/c1-3-15-9(2,6-14)7-17-5-8(4-16-17)10(11,12)13/h4-5,15H,3,7H2,1-2H3. The van der Waals surface area contributed by atoms with E-state index in [4.69, 9.17) is 5.26 Å². The minimum Gasteiger partial charge on any atom is -0.298 e. The van der Waals surface area contributed by atoms with Crippen molar-refractivity contribution >= 4 is 0 Å². The normalized spacial score (nSPS) is 15.3. The number of halogens is 3. The topological polar surface area (TPSA) is 53.6 Å². The molecular weight excluding hydrogens is 233 g/mol. The summed E-state index contributed by atoms with van der Waals surface area (Å²) in [5.41, 5.74) is -1.74. The first-order chi connectivity index (χ1) is 7.80. The smallest absolute Gasteiger partial charge is 0.298 e. The molecule has 0 saturated heterocycles. The van der Waals surface area contributed by atoms with Crippen LogP contribution >= 0.6 is 0 Å². The summed E-state index contributed by atoms with van der Waals surface area (Å²) in [4.78, 5) is 0. The molecule has 1 rings (SSSR count). The Balaban J connectivity index is 2.83. The zero-order chi connectivity index (χ0) is 13.1. The quantitative estimate of drug-likeness (QED) is 0.881. The summed E-state index contributed by atoms with van der Waals surface area (Å²) in [5.74, 6) is 0. The van der Waals surface area contributed by atoms with Gasteiger partial charge in [0, 0.05) is 6.20 Å². The third-order valence-electron chi connectivity index (χ3n) is 2.25. The first-order valence-corrected chi connectivity index (χ1v) is 5.06. The summed E-state index contributed by atoms with van der Waals surface area (Å²) in [7, 11) is 0. The van der Waals surface area contributed by atoms with Crippen LogP contribution in [0.1, 0.15) is 19.4 Å². The van der Waals surface area contributed by atoms with Crippen LogP contribution in [0.2, 0.25) is 0 Å². The van der Waals surface area contributed by atoms with Gasteiger partial charge in [-0.3, -0.25) is 10.00 Å². The molecule has 4 nitrogen and oxygen atoms in total. The fourth-order valence-electron chi connectivity index (χ4n) is 1.44. The van der Waals surface area contributed by atoms with Crippen LogP contribution in [0, 0.1) is 11.3 Å². The molecule has 0 aliphatic carbocycles. The van der Waals surface area contributed by atoms with Crippen molar-refractivity contribution in [3.63, 3.8) is 0 Å². The van der Waals surface area contributed by atoms with Crippen molar-refractivity contribution in [2.45, 2.75) is 32.1 Å². The molecule has 1 N–H and O–H groups in total. The number of aromatic nitrogens is 2. The summed E-state index contributed by atoms with van der Waals surface area (Å²) in [6.45, 7) is 4.05. The average Bonchev–Trinajstić information content (AvgIpc) is 2.66. The van der Waals surface area contributed by atoms with Gasteiger partial charge in [0.05, 0.1) is 24.4 Å². The predicted molar refractivity (Wildman–Crippen MR) is 54.9 cm³/mol. The minimum absolute atomic E-state index is 0.0629. The summed E-state index contributed by atoms with van der Waals surface area (Å²) in [5, 5.41) is 15.5. The molecule has 0 amide bonds. The molecule has 0 spiro atoms. The molecule has 0 aliphatic rings. The van der Waals surface area contributed by atoms with Gasteiger partial charge in [0.1, 0.15) is 5.54 Å². The van der Waals surface area contributed by atoms with Crippen LogP contribution in [0.3, 0.4) is 0 Å². The Kier molecular flexibility index (Phi) is 3.78. The van der Waals surface area contributed by atoms with Crippen LogP contribution in [-0.4, -0.2) is 21.9 Å². The maximum atomic E-state index is 12.3. The number of hydrogen-bond donors (Lipinski definition) is 1. The predicted octanol–water partition coefficient (Wildman–Crippen LogP) is 1.79. The second-order valence-electron chi connectivity index (χ2n) is 3.90. The van der Waals surface area contributed by atoms with Gasteiger partial charge in [-0.25, -0.2) is 0 Å². The SMILES string of the molecule is CCNC(C)(C#N)Cn1cc(C(F)(F)F)cn1. The van der Waals surface area contributed by atoms with Crippen molar-refractivity contribution < 1.29 is 13.2 Å². The van der Waals surface area contributed by atoms with E-state index in [1.165, 1.54) is 0 Å². The Bertz CT molecular complexity index is 418. The van der Waals surface area contributed by atoms with Gasteiger partial charge in [-0.15, -0.1) is 0 Å². The highest BCUT2D eigenvalue weighted by molar-refractivity contribution is 5.10. The molecule has 17 heavy (non-hydrogen) atoms. The lowest BCUT2D eigenvalue weighted by Crippen LogP contribution is -2.44. The largest absolute Gasteiger partial charge is 0.419 e. The molecule has 7 heteroatoms. The first-order valence-electron chi connectivity index (χ1n) is 5.06. The highest BCUT2D eigenvalue weighted by Gasteiger charge is 2.33. The zero-order valence-electron chi connectivity index (χ0n) is 9.54. The third kappa shape index (κ3) is 3.46. The molecule has 1 aromatic heterocycles. The van der Waals surface area contributed by atoms with Crippen molar-refractivity contribution in [1.82, 2.24) is 15.1 Å². The summed E-state index contributed by atoms with van der Waals surface area (Å²) in [6.07, 6.45) is -2.75. The van der Waals surface area contributed by atoms with E-state index in [9.17, 15) is 13.2 Å². The number of nitrogens with zero attached hydrogens (tertiary/aromatic N) is 3. The van der Waals surface area contributed by atoms with Gasteiger partial charge < -0.3 is 0 Å². The van der Waals surface area contributed by atoms with E-state index in [1.54, 1.807) is 6.92 Å². The second kappa shape index (κ2) is 4.75. The molecule has 0 aliphatic heterocycles. The van der Waals surface area contributed by atoms with Crippen molar-refractivity contribution in [1.29, 1.82) is 5.26 Å². The van der Waals surface area contributed by atoms with E-state index in [2.05, 4.69) is 10.4 Å². The highest BCUT2D eigenvalue weighted by atomic mass is 19.4. The Morgan fingerprint density at radius 2 is 2.18 bits per heavy atom. The molecule has 94 valence electrons. The highest BCUT2D eigenvalue weighted by Crippen LogP contribution is 2.28. The Labute approximate surface area is 97.0 Å². The van der Waals surface area contributed by atoms with E-state index in [0.717, 1.165) is 17.1 Å². The van der Waals surface area contributed by atoms with E-state index < -0.39 is 17.3 Å². The molecule has 1 atom stereocenters. The van der Waals surface area contributed by atoms with E-state index in [-0.39, 0.29) is 6.54 Å². The number of hydrogen-bond acceptors (Lipinski definition) is 3. The fraction of sp³-hybridized carbons (Fsp3) is 0.600. The molecule has 1 unspecified atom stereocenters. The lowest BCUT2D eigenvalue weighted by molar-refractivity contribution is -0.137. The Hall–Kier alpha value is -1.55. The second-order valence-corrected chi connectivity index (χ2v) is 3.90. The van der Waals surface area contributed by atoms with Crippen LogP contribution in [0.15, 0.2) is 12.4 Å². The molecule has 0 radical (unpaired) electrons. The van der Waals surface area contributed by atoms with Crippen molar-refractivity contribution in [3.8, 4) is 6.07 Å². The number of nitrogens with one attached hydrogen (secondary N) is 1. The molecule has 0 bridgehead atoms. The Morgan fingerprint density at radius 3 is 2.59 bits per heavy atom. The van der Waals surface area contributed by atoms with Crippen LogP contribution in [0.5, 0.6) is 0 Å². The summed E-state index contributed by atoms with van der Waals surface area (Å²) in [6, 6.07) is 2.02. The third-order valence-corrected chi connectivity index (χ3v) is 2.25. The van der Waals surface area contributed by atoms with Crippen LogP contribution < -0.4 is 5.32 Å². The monoisotopic (exact) mass is 246 g/mol. The van der Waals surface area contributed by atoms with Gasteiger partial charge in [0.25, 0.3) is 0 Å². The van der Waals surface area contributed by atoms with Crippen molar-refractivity contribution in [3.05, 3.63) is 18.0 Å². The zero-order valence-corrected chi connectivity index (χ0v) is 9.54. The van der Waals surface area contributed by atoms with Gasteiger partial charge in [0.15, 0.2) is 0 Å². The molecule has 0 fully saturated rings. The molecule has 0 aromatic carbocycles. The number of nitriles is 1. The molecule has 0 saturated carbocycles. The first kappa shape index (κ1) is 13.5. The van der Waals surface area contributed by atoms with Gasteiger partial charge in [0.2, 0.25) is 0 Å². The molecule has 1 aromatic rings. The van der Waals surface area contributed by atoms with Gasteiger partial charge in [-0.1, -0.05) is 6.92 Å². The van der Waals surface area contributed by atoms with Gasteiger partial charge in [-0.05, 0) is 13.5 Å². The van der Waals surface area contributed by atoms with Crippen molar-refractivity contribution in [2.75, 3.05) is 6.54 Å². The van der Waals surface area contributed by atoms with Crippen molar-refractivity contribution in [2.24, 2.45) is 0 Å². The van der Waals surface area contributed by atoms with E-state index in [1.807, 2.05) is 13.0 Å². The van der Waals surface area contributed by atoms with Gasteiger partial charge in [-0.2, -0.15) is 23.5 Å². The van der Waals surface area contributed by atoms with E-state index >= 15 is 0 Å². The maximum absolute atomic E-state index is 12.3. The number of alkyl halides is 3. The van der Waals surface area contributed by atoms with E-state index in [0.29, 0.717) is 6.54 Å². The van der Waals surface area contributed by atoms with Crippen LogP contribution in [-0.2, 0) is 12.7 Å². The fourth-order valence-corrected chi connectivity index (χ4v) is 1.44. The molecular formula is C10H13F3N4. The summed E-state index contributed by atoms with van der Waals surface area (Å²) < 4.78 is 38.1. The van der Waals surface area contributed by atoms with Crippen LogP contribution in [0.25, 0.3) is 0 Å². The lowest BCUT2D eigenvalue weighted by Gasteiger charge is -2.22.